The number of hydrogen-bond donors (Lipinski definition) is 1. The molecule has 0 aliphatic carbocycles. The first-order chi connectivity index (χ1) is 8.24. The molecule has 17 heavy (non-hydrogen) atoms. The van der Waals surface area contributed by atoms with Gasteiger partial charge in [0, 0.05) is 16.6 Å². The van der Waals surface area contributed by atoms with E-state index >= 15 is 0 Å². The number of unbranched alkanes of at least 4 members (excludes halogenated alkanes) is 2. The van der Waals surface area contributed by atoms with Gasteiger partial charge in [-0.25, -0.2) is 0 Å². The summed E-state index contributed by atoms with van der Waals surface area (Å²) in [5.41, 5.74) is 0.712. The summed E-state index contributed by atoms with van der Waals surface area (Å²) in [5, 5.41) is 2.94. The SMILES string of the molecule is CSCCCCCNC(=O)c1cccc(Br)c1. The van der Waals surface area contributed by atoms with Gasteiger partial charge in [-0.2, -0.15) is 11.8 Å². The first kappa shape index (κ1) is 14.6. The van der Waals surface area contributed by atoms with Crippen LogP contribution < -0.4 is 5.32 Å². The fourth-order valence-electron chi connectivity index (χ4n) is 1.48. The third-order valence-corrected chi connectivity index (χ3v) is 3.59. The molecule has 1 aromatic carbocycles. The molecule has 1 amide bonds. The van der Waals surface area contributed by atoms with Crippen molar-refractivity contribution in [2.24, 2.45) is 0 Å². The largest absolute Gasteiger partial charge is 0.352 e. The Morgan fingerprint density at radius 1 is 1.35 bits per heavy atom. The molecule has 0 bridgehead atoms. The maximum absolute atomic E-state index is 11.7. The second-order valence-electron chi connectivity index (χ2n) is 3.82. The van der Waals surface area contributed by atoms with E-state index in [4.69, 9.17) is 0 Å². The van der Waals surface area contributed by atoms with Crippen molar-refractivity contribution in [3.8, 4) is 0 Å². The summed E-state index contributed by atoms with van der Waals surface area (Å²) in [6, 6.07) is 7.45. The summed E-state index contributed by atoms with van der Waals surface area (Å²) in [5.74, 6) is 1.22. The third-order valence-electron chi connectivity index (χ3n) is 2.40. The van der Waals surface area contributed by atoms with Gasteiger partial charge in [-0.3, -0.25) is 4.79 Å². The predicted octanol–water partition coefficient (Wildman–Crippen LogP) is 3.71. The third kappa shape index (κ3) is 6.13. The average Bonchev–Trinajstić information content (AvgIpc) is 2.33. The zero-order chi connectivity index (χ0) is 12.5. The summed E-state index contributed by atoms with van der Waals surface area (Å²) < 4.78 is 0.935. The highest BCUT2D eigenvalue weighted by atomic mass is 79.9. The molecule has 0 radical (unpaired) electrons. The summed E-state index contributed by atoms with van der Waals surface area (Å²) >= 11 is 5.23. The lowest BCUT2D eigenvalue weighted by molar-refractivity contribution is 0.0953. The fraction of sp³-hybridized carbons (Fsp3) is 0.462. The molecule has 0 unspecified atom stereocenters. The summed E-state index contributed by atoms with van der Waals surface area (Å²) in [6.07, 6.45) is 5.59. The zero-order valence-corrected chi connectivity index (χ0v) is 12.4. The van der Waals surface area contributed by atoms with Crippen LogP contribution in [0.1, 0.15) is 29.6 Å². The Morgan fingerprint density at radius 2 is 2.18 bits per heavy atom. The molecule has 4 heteroatoms. The van der Waals surface area contributed by atoms with Gasteiger partial charge in [0.25, 0.3) is 5.91 Å². The van der Waals surface area contributed by atoms with Crippen LogP contribution in [0.3, 0.4) is 0 Å². The van der Waals surface area contributed by atoms with Gasteiger partial charge in [0.2, 0.25) is 0 Å². The number of carbonyl (C=O) groups is 1. The van der Waals surface area contributed by atoms with E-state index in [1.807, 2.05) is 36.0 Å². The first-order valence-electron chi connectivity index (χ1n) is 5.76. The second-order valence-corrected chi connectivity index (χ2v) is 5.72. The number of rotatable bonds is 7. The van der Waals surface area contributed by atoms with Gasteiger partial charge in [-0.1, -0.05) is 28.4 Å². The zero-order valence-electron chi connectivity index (χ0n) is 10.0. The molecule has 1 aromatic rings. The van der Waals surface area contributed by atoms with E-state index in [2.05, 4.69) is 27.5 Å². The molecule has 0 spiro atoms. The Bertz CT molecular complexity index is 357. The smallest absolute Gasteiger partial charge is 0.251 e. The highest BCUT2D eigenvalue weighted by molar-refractivity contribution is 9.10. The molecule has 0 saturated carbocycles. The average molecular weight is 316 g/mol. The Hall–Kier alpha value is -0.480. The molecule has 0 aliphatic rings. The lowest BCUT2D eigenvalue weighted by Gasteiger charge is -2.05. The van der Waals surface area contributed by atoms with E-state index in [1.54, 1.807) is 0 Å². The Labute approximate surface area is 116 Å². The van der Waals surface area contributed by atoms with Gasteiger partial charge in [-0.15, -0.1) is 0 Å². The van der Waals surface area contributed by atoms with Crippen molar-refractivity contribution in [1.82, 2.24) is 5.32 Å². The van der Waals surface area contributed by atoms with Gasteiger partial charge in [-0.05, 0) is 43.0 Å². The lowest BCUT2D eigenvalue weighted by atomic mass is 10.2. The molecule has 0 aliphatic heterocycles. The lowest BCUT2D eigenvalue weighted by Crippen LogP contribution is -2.24. The van der Waals surface area contributed by atoms with Crippen LogP contribution in [0.2, 0.25) is 0 Å². The Kier molecular flexibility index (Phi) is 7.37. The van der Waals surface area contributed by atoms with Crippen LogP contribution >= 0.6 is 27.7 Å². The molecule has 1 rings (SSSR count). The van der Waals surface area contributed by atoms with Crippen LogP contribution in [0, 0.1) is 0 Å². The molecule has 94 valence electrons. The van der Waals surface area contributed by atoms with Crippen molar-refractivity contribution in [2.75, 3.05) is 18.6 Å². The standard InChI is InChI=1S/C13H18BrNOS/c1-17-9-4-2-3-8-15-13(16)11-6-5-7-12(14)10-11/h5-7,10H,2-4,8-9H2,1H3,(H,15,16). The van der Waals surface area contributed by atoms with Crippen molar-refractivity contribution >= 4 is 33.6 Å². The quantitative estimate of drug-likeness (QED) is 0.777. The summed E-state index contributed by atoms with van der Waals surface area (Å²) in [4.78, 5) is 11.7. The van der Waals surface area contributed by atoms with E-state index in [-0.39, 0.29) is 5.91 Å². The molecule has 0 heterocycles. The van der Waals surface area contributed by atoms with Crippen LogP contribution in [0.15, 0.2) is 28.7 Å². The highest BCUT2D eigenvalue weighted by Crippen LogP contribution is 2.11. The van der Waals surface area contributed by atoms with Crippen LogP contribution in [-0.2, 0) is 0 Å². The topological polar surface area (TPSA) is 29.1 Å². The Morgan fingerprint density at radius 3 is 2.88 bits per heavy atom. The van der Waals surface area contributed by atoms with Crippen molar-refractivity contribution in [3.05, 3.63) is 34.3 Å². The van der Waals surface area contributed by atoms with Crippen molar-refractivity contribution in [1.29, 1.82) is 0 Å². The number of amides is 1. The maximum Gasteiger partial charge on any atom is 0.251 e. The Balaban J connectivity index is 2.21. The number of carbonyl (C=O) groups excluding carboxylic acids is 1. The van der Waals surface area contributed by atoms with Gasteiger partial charge in [0.1, 0.15) is 0 Å². The number of halogens is 1. The predicted molar refractivity (Wildman–Crippen MR) is 78.7 cm³/mol. The van der Waals surface area contributed by atoms with E-state index in [0.29, 0.717) is 5.56 Å². The van der Waals surface area contributed by atoms with Crippen LogP contribution in [0.5, 0.6) is 0 Å². The minimum atomic E-state index is 0.0103. The van der Waals surface area contributed by atoms with Crippen molar-refractivity contribution in [2.45, 2.75) is 19.3 Å². The number of hydrogen-bond acceptors (Lipinski definition) is 2. The van der Waals surface area contributed by atoms with Crippen molar-refractivity contribution in [3.63, 3.8) is 0 Å². The van der Waals surface area contributed by atoms with Crippen LogP contribution in [0.25, 0.3) is 0 Å². The number of thioether (sulfide) groups is 1. The molecule has 0 saturated heterocycles. The molecule has 2 nitrogen and oxygen atoms in total. The normalized spacial score (nSPS) is 10.2. The van der Waals surface area contributed by atoms with Gasteiger partial charge >= 0.3 is 0 Å². The van der Waals surface area contributed by atoms with Gasteiger partial charge in [0.15, 0.2) is 0 Å². The van der Waals surface area contributed by atoms with Crippen molar-refractivity contribution < 1.29 is 4.79 Å². The number of nitrogens with one attached hydrogen (secondary N) is 1. The van der Waals surface area contributed by atoms with E-state index in [1.165, 1.54) is 18.6 Å². The minimum absolute atomic E-state index is 0.0103. The monoisotopic (exact) mass is 315 g/mol. The molecule has 0 atom stereocenters. The molecular weight excluding hydrogens is 298 g/mol. The van der Waals surface area contributed by atoms with Gasteiger partial charge < -0.3 is 5.32 Å². The van der Waals surface area contributed by atoms with E-state index in [9.17, 15) is 4.79 Å². The summed E-state index contributed by atoms with van der Waals surface area (Å²) in [7, 11) is 0. The highest BCUT2D eigenvalue weighted by Gasteiger charge is 2.04. The van der Waals surface area contributed by atoms with Crippen LogP contribution in [-0.4, -0.2) is 24.5 Å². The van der Waals surface area contributed by atoms with Gasteiger partial charge in [0.05, 0.1) is 0 Å². The fourth-order valence-corrected chi connectivity index (χ4v) is 2.37. The van der Waals surface area contributed by atoms with Crippen LogP contribution in [0.4, 0.5) is 0 Å². The molecule has 0 aromatic heterocycles. The molecule has 1 N–H and O–H groups in total. The first-order valence-corrected chi connectivity index (χ1v) is 7.95. The summed E-state index contributed by atoms with van der Waals surface area (Å²) in [6.45, 7) is 0.764. The number of benzene rings is 1. The molecular formula is C13H18BrNOS. The molecule has 0 fully saturated rings. The van der Waals surface area contributed by atoms with E-state index < -0.39 is 0 Å². The minimum Gasteiger partial charge on any atom is -0.352 e. The van der Waals surface area contributed by atoms with E-state index in [0.717, 1.165) is 17.4 Å². The maximum atomic E-state index is 11.7. The second kappa shape index (κ2) is 8.59.